The molecule has 0 saturated carbocycles. The molecule has 0 rings (SSSR count). The van der Waals surface area contributed by atoms with E-state index in [4.69, 9.17) is 0 Å². The van der Waals surface area contributed by atoms with Gasteiger partial charge in [0.15, 0.2) is 6.29 Å². The highest BCUT2D eigenvalue weighted by atomic mass is 79.9. The number of carbonyl (C=O) groups excluding carboxylic acids is 1. The molecule has 1 nitrogen and oxygen atoms in total. The summed E-state index contributed by atoms with van der Waals surface area (Å²) in [6.07, 6.45) is -7.43. The van der Waals surface area contributed by atoms with Gasteiger partial charge < -0.3 is 0 Å². The lowest BCUT2D eigenvalue weighted by Crippen LogP contribution is -2.53. The molecule has 1 unspecified atom stereocenters. The molecule has 0 aliphatic rings. The molecule has 12 heavy (non-hydrogen) atoms. The van der Waals surface area contributed by atoms with E-state index in [0.717, 1.165) is 15.9 Å². The molecule has 0 bridgehead atoms. The second kappa shape index (κ2) is 2.90. The van der Waals surface area contributed by atoms with Gasteiger partial charge in [-0.3, -0.25) is 4.79 Å². The van der Waals surface area contributed by atoms with E-state index in [1.165, 1.54) is 0 Å². The van der Waals surface area contributed by atoms with Gasteiger partial charge in [0.05, 0.1) is 0 Å². The lowest BCUT2D eigenvalue weighted by molar-refractivity contribution is -0.258. The Morgan fingerprint density at radius 1 is 1.00 bits per heavy atom. The minimum Gasteiger partial charge on any atom is -0.299 e. The first-order valence-corrected chi connectivity index (χ1v) is 3.14. The lowest BCUT2D eigenvalue weighted by atomic mass is 10.1. The second-order valence-electron chi connectivity index (χ2n) is 1.83. The van der Waals surface area contributed by atoms with Gasteiger partial charge >= 0.3 is 16.7 Å². The summed E-state index contributed by atoms with van der Waals surface area (Å²) >= 11 is 1.14. The molecular formula is C4HBrF6O. The van der Waals surface area contributed by atoms with Gasteiger partial charge in [-0.2, -0.15) is 22.0 Å². The summed E-state index contributed by atoms with van der Waals surface area (Å²) in [6.45, 7) is 0. The zero-order chi connectivity index (χ0) is 10.2. The van der Waals surface area contributed by atoms with Crippen LogP contribution in [0.3, 0.4) is 0 Å². The Bertz CT molecular complexity index is 167. The third-order valence-corrected chi connectivity index (χ3v) is 1.56. The Hall–Kier alpha value is -0.270. The first kappa shape index (κ1) is 11.7. The average Bonchev–Trinajstić information content (AvgIpc) is 1.81. The van der Waals surface area contributed by atoms with Crippen LogP contribution in [0.1, 0.15) is 0 Å². The van der Waals surface area contributed by atoms with E-state index < -0.39 is 23.0 Å². The molecule has 0 aromatic carbocycles. The van der Waals surface area contributed by atoms with Crippen LogP contribution in [0.2, 0.25) is 0 Å². The summed E-state index contributed by atoms with van der Waals surface area (Å²) in [5.41, 5.74) is -5.18. The Kier molecular flexibility index (Phi) is 2.83. The number of aldehydes is 1. The molecule has 0 aromatic heterocycles. The van der Waals surface area contributed by atoms with Gasteiger partial charge in [0.2, 0.25) is 0 Å². The van der Waals surface area contributed by atoms with E-state index in [1.807, 2.05) is 0 Å². The predicted molar refractivity (Wildman–Crippen MR) is 29.8 cm³/mol. The van der Waals surface area contributed by atoms with Crippen molar-refractivity contribution >= 4 is 22.2 Å². The molecule has 0 N–H and O–H groups in total. The van der Waals surface area contributed by atoms with Crippen LogP contribution >= 0.6 is 15.9 Å². The van der Waals surface area contributed by atoms with Gasteiger partial charge in [-0.25, -0.2) is 4.39 Å². The molecule has 0 fully saturated rings. The lowest BCUT2D eigenvalue weighted by Gasteiger charge is -2.25. The highest BCUT2D eigenvalue weighted by molar-refractivity contribution is 9.10. The number of hydrogen-bond donors (Lipinski definition) is 0. The normalized spacial score (nSPS) is 18.6. The van der Waals surface area contributed by atoms with E-state index in [9.17, 15) is 31.1 Å². The third kappa shape index (κ3) is 1.73. The number of hydrogen-bond acceptors (Lipinski definition) is 1. The zero-order valence-corrected chi connectivity index (χ0v) is 6.72. The molecule has 0 radical (unpaired) electrons. The standard InChI is InChI=1S/C4HBrF6O/c5-3(7,8)2(6,1-12)4(9,10)11/h1H. The number of carbonyl (C=O) groups is 1. The van der Waals surface area contributed by atoms with Crippen molar-refractivity contribution in [2.45, 2.75) is 16.7 Å². The smallest absolute Gasteiger partial charge is 0.299 e. The van der Waals surface area contributed by atoms with Crippen LogP contribution in [-0.4, -0.2) is 23.0 Å². The summed E-state index contributed by atoms with van der Waals surface area (Å²) in [5, 5.41) is 0. The van der Waals surface area contributed by atoms with Gasteiger partial charge in [0.1, 0.15) is 0 Å². The van der Waals surface area contributed by atoms with Gasteiger partial charge in [-0.05, 0) is 15.9 Å². The van der Waals surface area contributed by atoms with E-state index in [1.54, 1.807) is 0 Å². The predicted octanol–water partition coefficient (Wildman–Crippen LogP) is 2.44. The first-order chi connectivity index (χ1) is 5.06. The molecule has 0 saturated heterocycles. The Balaban J connectivity index is 5.09. The third-order valence-electron chi connectivity index (χ3n) is 0.987. The molecular weight excluding hydrogens is 258 g/mol. The van der Waals surface area contributed by atoms with Crippen molar-refractivity contribution in [2.24, 2.45) is 0 Å². The summed E-state index contributed by atoms with van der Waals surface area (Å²) in [4.78, 5) is 4.56. The van der Waals surface area contributed by atoms with Crippen LogP contribution in [0.15, 0.2) is 0 Å². The maximum Gasteiger partial charge on any atom is 0.436 e. The van der Waals surface area contributed by atoms with Gasteiger partial charge in [0, 0.05) is 0 Å². The SMILES string of the molecule is O=CC(F)(C(F)(F)F)C(F)(F)Br. The van der Waals surface area contributed by atoms with Crippen LogP contribution < -0.4 is 0 Å². The molecule has 72 valence electrons. The van der Waals surface area contributed by atoms with E-state index in [0.29, 0.717) is 0 Å². The second-order valence-corrected chi connectivity index (χ2v) is 2.82. The Morgan fingerprint density at radius 3 is 1.33 bits per heavy atom. The maximum absolute atomic E-state index is 12.2. The van der Waals surface area contributed by atoms with Crippen molar-refractivity contribution in [3.05, 3.63) is 0 Å². The van der Waals surface area contributed by atoms with E-state index in [-0.39, 0.29) is 0 Å². The minimum absolute atomic E-state index is 1.14. The average molecular weight is 259 g/mol. The van der Waals surface area contributed by atoms with Gasteiger partial charge in [-0.15, -0.1) is 0 Å². The first-order valence-electron chi connectivity index (χ1n) is 2.35. The zero-order valence-electron chi connectivity index (χ0n) is 5.13. The van der Waals surface area contributed by atoms with Crippen molar-refractivity contribution in [1.29, 1.82) is 0 Å². The Labute approximate surface area is 70.9 Å². The van der Waals surface area contributed by atoms with Crippen molar-refractivity contribution in [3.63, 3.8) is 0 Å². The van der Waals surface area contributed by atoms with E-state index in [2.05, 4.69) is 0 Å². The molecule has 0 amide bonds. The quantitative estimate of drug-likeness (QED) is 0.423. The molecule has 0 aromatic rings. The largest absolute Gasteiger partial charge is 0.436 e. The van der Waals surface area contributed by atoms with Crippen LogP contribution in [-0.2, 0) is 4.79 Å². The number of rotatable bonds is 2. The molecule has 0 heterocycles. The summed E-state index contributed by atoms with van der Waals surface area (Å²) in [5.74, 6) is 0. The highest BCUT2D eigenvalue weighted by Crippen LogP contribution is 2.47. The fourth-order valence-corrected chi connectivity index (χ4v) is 0.613. The highest BCUT2D eigenvalue weighted by Gasteiger charge is 2.70. The van der Waals surface area contributed by atoms with Crippen LogP contribution in [0, 0.1) is 0 Å². The summed E-state index contributed by atoms with van der Waals surface area (Å²) < 4.78 is 70.4. The molecule has 0 spiro atoms. The fourth-order valence-electron chi connectivity index (χ4n) is 0.294. The monoisotopic (exact) mass is 258 g/mol. The maximum atomic E-state index is 12.2. The molecule has 0 aliphatic heterocycles. The van der Waals surface area contributed by atoms with Gasteiger partial charge in [-0.1, -0.05) is 0 Å². The van der Waals surface area contributed by atoms with E-state index >= 15 is 0 Å². The van der Waals surface area contributed by atoms with Crippen molar-refractivity contribution in [1.82, 2.24) is 0 Å². The summed E-state index contributed by atoms with van der Waals surface area (Å²) in [7, 11) is 0. The molecule has 1 atom stereocenters. The number of alkyl halides is 7. The Morgan fingerprint density at radius 2 is 1.33 bits per heavy atom. The summed E-state index contributed by atoms with van der Waals surface area (Å²) in [6, 6.07) is 0. The number of halogens is 7. The minimum atomic E-state index is -5.94. The van der Waals surface area contributed by atoms with Crippen LogP contribution in [0.5, 0.6) is 0 Å². The van der Waals surface area contributed by atoms with Crippen molar-refractivity contribution < 1.29 is 31.1 Å². The fraction of sp³-hybridized carbons (Fsp3) is 0.750. The van der Waals surface area contributed by atoms with Crippen LogP contribution in [0.4, 0.5) is 26.3 Å². The van der Waals surface area contributed by atoms with Crippen LogP contribution in [0.25, 0.3) is 0 Å². The van der Waals surface area contributed by atoms with Gasteiger partial charge in [0.25, 0.3) is 0 Å². The molecule has 0 aliphatic carbocycles. The van der Waals surface area contributed by atoms with Crippen molar-refractivity contribution in [3.8, 4) is 0 Å². The topological polar surface area (TPSA) is 17.1 Å². The van der Waals surface area contributed by atoms with Crippen molar-refractivity contribution in [2.75, 3.05) is 0 Å². The molecule has 8 heteroatoms.